The summed E-state index contributed by atoms with van der Waals surface area (Å²) < 4.78 is 12.9. The van der Waals surface area contributed by atoms with Crippen molar-refractivity contribution in [2.45, 2.75) is 25.8 Å². The summed E-state index contributed by atoms with van der Waals surface area (Å²) in [7, 11) is 0. The molecule has 2 aromatic rings. The van der Waals surface area contributed by atoms with Crippen LogP contribution in [0.2, 0.25) is 0 Å². The zero-order chi connectivity index (χ0) is 15.3. The molecule has 1 fully saturated rings. The van der Waals surface area contributed by atoms with E-state index < -0.39 is 5.97 Å². The van der Waals surface area contributed by atoms with Gasteiger partial charge in [0.05, 0.1) is 23.6 Å². The van der Waals surface area contributed by atoms with E-state index in [1.165, 1.54) is 12.8 Å². The Balaban J connectivity index is 1.99. The summed E-state index contributed by atoms with van der Waals surface area (Å²) in [6.07, 6.45) is 3.99. The molecule has 1 atom stereocenters. The second-order valence-electron chi connectivity index (χ2n) is 5.87. The predicted octanol–water partition coefficient (Wildman–Crippen LogP) is 2.52. The number of aromatic nitrogens is 1. The molecule has 5 heteroatoms. The van der Waals surface area contributed by atoms with Gasteiger partial charge in [0.2, 0.25) is 5.43 Å². The first-order valence-corrected chi connectivity index (χ1v) is 7.68. The van der Waals surface area contributed by atoms with Gasteiger partial charge in [0, 0.05) is 6.20 Å². The second kappa shape index (κ2) is 4.87. The number of nitrogens with zero attached hydrogens (tertiary/aromatic N) is 1. The summed E-state index contributed by atoms with van der Waals surface area (Å²) in [5.41, 5.74) is 0.620. The van der Waals surface area contributed by atoms with Crippen LogP contribution >= 0.6 is 0 Å². The molecule has 1 aromatic carbocycles. The molecular formula is C17H17NO4. The van der Waals surface area contributed by atoms with Crippen molar-refractivity contribution in [1.29, 1.82) is 0 Å². The van der Waals surface area contributed by atoms with Crippen LogP contribution in [-0.4, -0.2) is 23.8 Å². The number of esters is 1. The van der Waals surface area contributed by atoms with Crippen molar-refractivity contribution in [2.24, 2.45) is 5.92 Å². The van der Waals surface area contributed by atoms with Gasteiger partial charge >= 0.3 is 5.97 Å². The molecule has 0 amide bonds. The first kappa shape index (κ1) is 13.4. The highest BCUT2D eigenvalue weighted by molar-refractivity contribution is 5.95. The average Bonchev–Trinajstić information content (AvgIpc) is 3.35. The van der Waals surface area contributed by atoms with Gasteiger partial charge in [-0.2, -0.15) is 0 Å². The monoisotopic (exact) mass is 299 g/mol. The fraction of sp³-hybridized carbons (Fsp3) is 0.412. The molecule has 4 rings (SSSR count). The SMILES string of the molecule is CCOC(=O)c1cn2c3c(cccc3c1=O)OCC2C1CC1. The number of hydrogen-bond donors (Lipinski definition) is 0. The summed E-state index contributed by atoms with van der Waals surface area (Å²) in [4.78, 5) is 24.7. The number of benzene rings is 1. The Morgan fingerprint density at radius 3 is 2.95 bits per heavy atom. The molecule has 0 saturated heterocycles. The van der Waals surface area contributed by atoms with Crippen LogP contribution in [0.25, 0.3) is 10.9 Å². The smallest absolute Gasteiger partial charge is 0.343 e. The zero-order valence-corrected chi connectivity index (χ0v) is 12.4. The third kappa shape index (κ3) is 1.92. The summed E-state index contributed by atoms with van der Waals surface area (Å²) in [6, 6.07) is 5.59. The van der Waals surface area contributed by atoms with Gasteiger partial charge in [0.25, 0.3) is 0 Å². The van der Waals surface area contributed by atoms with E-state index >= 15 is 0 Å². The lowest BCUT2D eigenvalue weighted by atomic mass is 10.1. The molecule has 1 aliphatic heterocycles. The number of carbonyl (C=O) groups is 1. The zero-order valence-electron chi connectivity index (χ0n) is 12.4. The molecule has 5 nitrogen and oxygen atoms in total. The van der Waals surface area contributed by atoms with Gasteiger partial charge in [-0.15, -0.1) is 0 Å². The van der Waals surface area contributed by atoms with Crippen molar-refractivity contribution < 1.29 is 14.3 Å². The van der Waals surface area contributed by atoms with E-state index in [0.29, 0.717) is 23.7 Å². The predicted molar refractivity (Wildman–Crippen MR) is 81.4 cm³/mol. The van der Waals surface area contributed by atoms with Crippen LogP contribution in [0, 0.1) is 5.92 Å². The van der Waals surface area contributed by atoms with Crippen molar-refractivity contribution in [1.82, 2.24) is 4.57 Å². The van der Waals surface area contributed by atoms with Crippen molar-refractivity contribution in [2.75, 3.05) is 13.2 Å². The Labute approximate surface area is 127 Å². The van der Waals surface area contributed by atoms with Crippen molar-refractivity contribution in [3.05, 3.63) is 40.2 Å². The Hall–Kier alpha value is -2.30. The van der Waals surface area contributed by atoms with Gasteiger partial charge in [-0.25, -0.2) is 4.79 Å². The lowest BCUT2D eigenvalue weighted by Crippen LogP contribution is -2.29. The highest BCUT2D eigenvalue weighted by Crippen LogP contribution is 2.44. The molecule has 1 unspecified atom stereocenters. The standard InChI is InChI=1S/C17H17NO4/c1-2-21-17(20)12-8-18-13(10-6-7-10)9-22-14-5-3-4-11(15(14)18)16(12)19/h3-5,8,10,13H,2,6-7,9H2,1H3. The maximum atomic E-state index is 12.6. The van der Waals surface area contributed by atoms with Crippen LogP contribution in [0.15, 0.2) is 29.2 Å². The van der Waals surface area contributed by atoms with E-state index in [0.717, 1.165) is 5.52 Å². The quantitative estimate of drug-likeness (QED) is 0.817. The minimum Gasteiger partial charge on any atom is -0.489 e. The minimum absolute atomic E-state index is 0.110. The van der Waals surface area contributed by atoms with E-state index in [2.05, 4.69) is 4.57 Å². The molecule has 2 aliphatic rings. The average molecular weight is 299 g/mol. The number of para-hydroxylation sites is 1. The largest absolute Gasteiger partial charge is 0.489 e. The van der Waals surface area contributed by atoms with Crippen molar-refractivity contribution >= 4 is 16.9 Å². The molecule has 0 spiro atoms. The van der Waals surface area contributed by atoms with Gasteiger partial charge in [0.15, 0.2) is 0 Å². The lowest BCUT2D eigenvalue weighted by molar-refractivity contribution is 0.0523. The van der Waals surface area contributed by atoms with Crippen molar-refractivity contribution in [3.63, 3.8) is 0 Å². The van der Waals surface area contributed by atoms with Crippen LogP contribution < -0.4 is 10.2 Å². The number of carbonyl (C=O) groups excluding carboxylic acids is 1. The lowest BCUT2D eigenvalue weighted by Gasteiger charge is -2.29. The Bertz CT molecular complexity index is 819. The third-order valence-corrected chi connectivity index (χ3v) is 4.44. The first-order valence-electron chi connectivity index (χ1n) is 7.68. The highest BCUT2D eigenvalue weighted by atomic mass is 16.5. The number of rotatable bonds is 3. The maximum absolute atomic E-state index is 12.6. The second-order valence-corrected chi connectivity index (χ2v) is 5.87. The molecular weight excluding hydrogens is 282 g/mol. The molecule has 114 valence electrons. The Kier molecular flexibility index (Phi) is 2.96. The molecule has 1 saturated carbocycles. The molecule has 2 heterocycles. The molecule has 1 aromatic heterocycles. The van der Waals surface area contributed by atoms with E-state index in [1.54, 1.807) is 25.3 Å². The summed E-state index contributed by atoms with van der Waals surface area (Å²) in [6.45, 7) is 2.58. The van der Waals surface area contributed by atoms with E-state index in [-0.39, 0.29) is 23.6 Å². The topological polar surface area (TPSA) is 57.5 Å². The maximum Gasteiger partial charge on any atom is 0.343 e. The third-order valence-electron chi connectivity index (χ3n) is 4.44. The summed E-state index contributed by atoms with van der Waals surface area (Å²) in [5.74, 6) is 0.723. The number of hydrogen-bond acceptors (Lipinski definition) is 4. The van der Waals surface area contributed by atoms with Crippen LogP contribution in [0.4, 0.5) is 0 Å². The van der Waals surface area contributed by atoms with E-state index in [1.807, 2.05) is 6.07 Å². The van der Waals surface area contributed by atoms with E-state index in [4.69, 9.17) is 9.47 Å². The molecule has 0 radical (unpaired) electrons. The van der Waals surface area contributed by atoms with Crippen LogP contribution in [0.3, 0.4) is 0 Å². The van der Waals surface area contributed by atoms with Gasteiger partial charge in [-0.1, -0.05) is 6.07 Å². The number of ether oxygens (including phenoxy) is 2. The summed E-state index contributed by atoms with van der Waals surface area (Å²) in [5, 5.41) is 0.522. The molecule has 0 N–H and O–H groups in total. The Morgan fingerprint density at radius 1 is 1.41 bits per heavy atom. The van der Waals surface area contributed by atoms with Crippen LogP contribution in [0.1, 0.15) is 36.2 Å². The fourth-order valence-corrected chi connectivity index (χ4v) is 3.21. The van der Waals surface area contributed by atoms with Gasteiger partial charge in [-0.3, -0.25) is 4.79 Å². The normalized spacial score (nSPS) is 19.8. The van der Waals surface area contributed by atoms with Crippen molar-refractivity contribution in [3.8, 4) is 5.75 Å². The Morgan fingerprint density at radius 2 is 2.23 bits per heavy atom. The van der Waals surface area contributed by atoms with Gasteiger partial charge in [-0.05, 0) is 37.8 Å². The molecule has 1 aliphatic carbocycles. The minimum atomic E-state index is -0.551. The van der Waals surface area contributed by atoms with Gasteiger partial charge < -0.3 is 14.0 Å². The fourth-order valence-electron chi connectivity index (χ4n) is 3.21. The molecule has 0 bridgehead atoms. The first-order chi connectivity index (χ1) is 10.7. The number of pyridine rings is 1. The van der Waals surface area contributed by atoms with Crippen LogP contribution in [-0.2, 0) is 4.74 Å². The summed E-state index contributed by atoms with van der Waals surface area (Å²) >= 11 is 0. The van der Waals surface area contributed by atoms with Gasteiger partial charge in [0.1, 0.15) is 17.9 Å². The highest BCUT2D eigenvalue weighted by Gasteiger charge is 2.36. The van der Waals surface area contributed by atoms with E-state index in [9.17, 15) is 9.59 Å². The van der Waals surface area contributed by atoms with Crippen LogP contribution in [0.5, 0.6) is 5.75 Å². The molecule has 22 heavy (non-hydrogen) atoms.